The van der Waals surface area contributed by atoms with Crippen LogP contribution in [0.5, 0.6) is 0 Å². The second-order valence-corrected chi connectivity index (χ2v) is 3.87. The van der Waals surface area contributed by atoms with Crippen LogP contribution in [0.2, 0.25) is 0 Å². The van der Waals surface area contributed by atoms with Gasteiger partial charge >= 0.3 is 0 Å². The summed E-state index contributed by atoms with van der Waals surface area (Å²) in [7, 11) is 0. The fourth-order valence-corrected chi connectivity index (χ4v) is 1.89. The maximum Gasteiger partial charge on any atom is 0.165 e. The van der Waals surface area contributed by atoms with Gasteiger partial charge < -0.3 is 11.1 Å². The molecule has 1 aliphatic heterocycles. The minimum atomic E-state index is 0.506. The lowest BCUT2D eigenvalue weighted by molar-refractivity contribution is 0.327. The molecule has 0 radical (unpaired) electrons. The van der Waals surface area contributed by atoms with Crippen molar-refractivity contribution >= 4 is 5.82 Å². The average molecular weight is 195 g/mol. The van der Waals surface area contributed by atoms with E-state index in [1.165, 1.54) is 19.4 Å². The number of nitrogens with two attached hydrogens (primary N) is 1. The van der Waals surface area contributed by atoms with Crippen LogP contribution in [0.25, 0.3) is 0 Å². The van der Waals surface area contributed by atoms with Gasteiger partial charge in [-0.2, -0.15) is 9.90 Å². The van der Waals surface area contributed by atoms with Crippen molar-refractivity contribution in [3.63, 3.8) is 0 Å². The Labute approximate surface area is 83.7 Å². The van der Waals surface area contributed by atoms with Crippen LogP contribution >= 0.6 is 0 Å². The van der Waals surface area contributed by atoms with Crippen molar-refractivity contribution in [3.8, 4) is 0 Å². The lowest BCUT2D eigenvalue weighted by Crippen LogP contribution is -2.30. The quantitative estimate of drug-likeness (QED) is 0.725. The fraction of sp³-hybridized carbons (Fsp3) is 0.778. The number of nitrogen functional groups attached to an aromatic ring is 1. The molecule has 1 aromatic rings. The summed E-state index contributed by atoms with van der Waals surface area (Å²) < 4.78 is 0. The highest BCUT2D eigenvalue weighted by Gasteiger charge is 2.12. The molecule has 0 bridgehead atoms. The van der Waals surface area contributed by atoms with E-state index >= 15 is 0 Å². The smallest absolute Gasteiger partial charge is 0.165 e. The van der Waals surface area contributed by atoms with E-state index in [-0.39, 0.29) is 0 Å². The lowest BCUT2D eigenvalue weighted by atomic mass is 9.96. The molecule has 1 aromatic heterocycles. The van der Waals surface area contributed by atoms with E-state index < -0.39 is 0 Å². The van der Waals surface area contributed by atoms with Gasteiger partial charge in [-0.25, -0.2) is 0 Å². The van der Waals surface area contributed by atoms with Gasteiger partial charge in [-0.15, -0.1) is 5.10 Å². The van der Waals surface area contributed by atoms with E-state index in [1.807, 2.05) is 0 Å². The summed E-state index contributed by atoms with van der Waals surface area (Å²) in [4.78, 5) is 1.68. The number of rotatable bonds is 3. The van der Waals surface area contributed by atoms with E-state index in [0.717, 1.165) is 25.4 Å². The second-order valence-electron chi connectivity index (χ2n) is 3.87. The third-order valence-corrected chi connectivity index (χ3v) is 2.69. The molecule has 0 aliphatic carbocycles. The van der Waals surface area contributed by atoms with E-state index in [1.54, 1.807) is 11.0 Å². The summed E-state index contributed by atoms with van der Waals surface area (Å²) in [6.07, 6.45) is 5.35. The number of anilines is 1. The number of nitrogens with one attached hydrogen (secondary N) is 1. The molecule has 2 heterocycles. The van der Waals surface area contributed by atoms with E-state index in [2.05, 4.69) is 15.5 Å². The highest BCUT2D eigenvalue weighted by atomic mass is 15.5. The molecule has 3 N–H and O–H groups in total. The molecule has 1 unspecified atom stereocenters. The van der Waals surface area contributed by atoms with Crippen molar-refractivity contribution in [3.05, 3.63) is 6.20 Å². The molecule has 78 valence electrons. The first-order valence-corrected chi connectivity index (χ1v) is 5.21. The number of piperidine rings is 1. The van der Waals surface area contributed by atoms with Gasteiger partial charge in [-0.1, -0.05) is 0 Å². The van der Waals surface area contributed by atoms with Crippen molar-refractivity contribution in [2.75, 3.05) is 18.8 Å². The number of aromatic nitrogens is 3. The molecule has 1 fully saturated rings. The third-order valence-electron chi connectivity index (χ3n) is 2.69. The summed E-state index contributed by atoms with van der Waals surface area (Å²) in [6.45, 7) is 3.18. The highest BCUT2D eigenvalue weighted by Crippen LogP contribution is 2.14. The molecule has 0 aromatic carbocycles. The molecule has 1 atom stereocenters. The van der Waals surface area contributed by atoms with Crippen LogP contribution in [0.3, 0.4) is 0 Å². The van der Waals surface area contributed by atoms with Crippen LogP contribution in [-0.2, 0) is 6.54 Å². The van der Waals surface area contributed by atoms with Crippen LogP contribution < -0.4 is 11.1 Å². The van der Waals surface area contributed by atoms with Gasteiger partial charge in [0.2, 0.25) is 0 Å². The van der Waals surface area contributed by atoms with Crippen molar-refractivity contribution in [2.45, 2.75) is 25.8 Å². The maximum atomic E-state index is 5.48. The predicted molar refractivity (Wildman–Crippen MR) is 54.6 cm³/mol. The summed E-state index contributed by atoms with van der Waals surface area (Å²) in [5.41, 5.74) is 5.48. The van der Waals surface area contributed by atoms with Crippen LogP contribution in [0, 0.1) is 5.92 Å². The second kappa shape index (κ2) is 4.41. The van der Waals surface area contributed by atoms with Gasteiger partial charge in [0.1, 0.15) is 0 Å². The summed E-state index contributed by atoms with van der Waals surface area (Å²) in [6, 6.07) is 0. The predicted octanol–water partition coefficient (Wildman–Crippen LogP) is 0.250. The summed E-state index contributed by atoms with van der Waals surface area (Å²) in [5.74, 6) is 1.28. The Kier molecular flexibility index (Phi) is 2.98. The number of nitrogens with zero attached hydrogens (tertiary/aromatic N) is 3. The normalized spacial score (nSPS) is 22.4. The Morgan fingerprint density at radius 2 is 2.57 bits per heavy atom. The third kappa shape index (κ3) is 2.45. The van der Waals surface area contributed by atoms with Gasteiger partial charge in [-0.3, -0.25) is 0 Å². The van der Waals surface area contributed by atoms with E-state index in [9.17, 15) is 0 Å². The topological polar surface area (TPSA) is 68.8 Å². The van der Waals surface area contributed by atoms with Gasteiger partial charge in [0, 0.05) is 0 Å². The fourth-order valence-electron chi connectivity index (χ4n) is 1.89. The largest absolute Gasteiger partial charge is 0.381 e. The Bertz CT molecular complexity index is 276. The van der Waals surface area contributed by atoms with E-state index in [4.69, 9.17) is 5.73 Å². The molecule has 1 aliphatic rings. The highest BCUT2D eigenvalue weighted by molar-refractivity contribution is 5.19. The van der Waals surface area contributed by atoms with Crippen molar-refractivity contribution in [1.82, 2.24) is 20.3 Å². The molecular formula is C9H17N5. The Morgan fingerprint density at radius 1 is 1.64 bits per heavy atom. The minimum absolute atomic E-state index is 0.506. The zero-order chi connectivity index (χ0) is 9.80. The van der Waals surface area contributed by atoms with Crippen LogP contribution in [-0.4, -0.2) is 28.1 Å². The molecule has 5 nitrogen and oxygen atoms in total. The molecule has 5 heteroatoms. The molecule has 2 rings (SSSR count). The molecule has 14 heavy (non-hydrogen) atoms. The molecule has 1 saturated heterocycles. The standard InChI is InChI=1S/C9H17N5/c10-9-7-12-14(13-9)5-3-8-2-1-4-11-6-8/h7-8,11H,1-6H2,(H2,10,13). The first kappa shape index (κ1) is 9.45. The van der Waals surface area contributed by atoms with Crippen molar-refractivity contribution < 1.29 is 0 Å². The van der Waals surface area contributed by atoms with Crippen LogP contribution in [0.15, 0.2) is 6.20 Å². The maximum absolute atomic E-state index is 5.48. The first-order chi connectivity index (χ1) is 6.84. The Hall–Kier alpha value is -1.10. The molecule has 0 saturated carbocycles. The monoisotopic (exact) mass is 195 g/mol. The van der Waals surface area contributed by atoms with Gasteiger partial charge in [-0.05, 0) is 38.3 Å². The van der Waals surface area contributed by atoms with E-state index in [0.29, 0.717) is 5.82 Å². The molecule has 0 amide bonds. The van der Waals surface area contributed by atoms with Gasteiger partial charge in [0.15, 0.2) is 5.82 Å². The summed E-state index contributed by atoms with van der Waals surface area (Å²) in [5, 5.41) is 11.5. The Balaban J connectivity index is 1.76. The number of aryl methyl sites for hydroxylation is 1. The number of hydrogen-bond donors (Lipinski definition) is 2. The van der Waals surface area contributed by atoms with Gasteiger partial charge in [0.05, 0.1) is 12.7 Å². The lowest BCUT2D eigenvalue weighted by Gasteiger charge is -2.22. The van der Waals surface area contributed by atoms with Crippen molar-refractivity contribution in [2.24, 2.45) is 5.92 Å². The average Bonchev–Trinajstić information content (AvgIpc) is 2.63. The SMILES string of the molecule is Nc1cnn(CCC2CCCNC2)n1. The first-order valence-electron chi connectivity index (χ1n) is 5.21. The Morgan fingerprint density at radius 3 is 3.21 bits per heavy atom. The molecular weight excluding hydrogens is 178 g/mol. The zero-order valence-electron chi connectivity index (χ0n) is 8.32. The number of hydrogen-bond acceptors (Lipinski definition) is 4. The van der Waals surface area contributed by atoms with Crippen LogP contribution in [0.1, 0.15) is 19.3 Å². The minimum Gasteiger partial charge on any atom is -0.381 e. The molecule has 0 spiro atoms. The van der Waals surface area contributed by atoms with Gasteiger partial charge in [0.25, 0.3) is 0 Å². The summed E-state index contributed by atoms with van der Waals surface area (Å²) >= 11 is 0. The van der Waals surface area contributed by atoms with Crippen LogP contribution in [0.4, 0.5) is 5.82 Å². The van der Waals surface area contributed by atoms with Crippen molar-refractivity contribution in [1.29, 1.82) is 0 Å². The zero-order valence-corrected chi connectivity index (χ0v) is 8.32.